The number of hydrogen-bond donors (Lipinski definition) is 1. The molecular formula is C18H26NOPSi. The van der Waals surface area contributed by atoms with Crippen LogP contribution in [0.4, 0.5) is 0 Å². The van der Waals surface area contributed by atoms with Crippen molar-refractivity contribution in [3.8, 4) is 5.75 Å². The summed E-state index contributed by atoms with van der Waals surface area (Å²) in [6.45, 7) is 7.95. The molecule has 1 unspecified atom stereocenters. The van der Waals surface area contributed by atoms with Gasteiger partial charge in [0.2, 0.25) is 0 Å². The van der Waals surface area contributed by atoms with E-state index in [0.29, 0.717) is 14.3 Å². The maximum Gasteiger partial charge on any atom is 0.123 e. The predicted octanol–water partition coefficient (Wildman–Crippen LogP) is 2.63. The van der Waals surface area contributed by atoms with E-state index in [4.69, 9.17) is 0 Å². The Kier molecular flexibility index (Phi) is 5.44. The predicted molar refractivity (Wildman–Crippen MR) is 103 cm³/mol. The summed E-state index contributed by atoms with van der Waals surface area (Å²) in [4.78, 5) is 2.18. The standard InChI is InChI=1S/C18H26NOPSi/c1-19(2)13-14-8-6-7-9-17(14)21-18-12-15(22(3,4)5)10-11-16(18)20/h6-12,20-21H,13H2,1-5H3. The smallest absolute Gasteiger partial charge is 0.123 e. The minimum atomic E-state index is -1.36. The van der Waals surface area contributed by atoms with Crippen molar-refractivity contribution in [2.45, 2.75) is 26.2 Å². The first-order chi connectivity index (χ1) is 10.3. The lowest BCUT2D eigenvalue weighted by molar-refractivity contribution is 0.403. The fourth-order valence-electron chi connectivity index (χ4n) is 2.37. The lowest BCUT2D eigenvalue weighted by Gasteiger charge is -2.19. The maximum absolute atomic E-state index is 10.2. The van der Waals surface area contributed by atoms with Gasteiger partial charge in [-0.25, -0.2) is 0 Å². The number of phenolic OH excluding ortho intramolecular Hbond substituents is 1. The number of rotatable bonds is 5. The minimum absolute atomic E-state index is 0.417. The zero-order valence-corrected chi connectivity index (χ0v) is 16.1. The summed E-state index contributed by atoms with van der Waals surface area (Å²) < 4.78 is 0. The third-order valence-electron chi connectivity index (χ3n) is 3.64. The van der Waals surface area contributed by atoms with Crippen molar-refractivity contribution in [1.82, 2.24) is 4.90 Å². The number of nitrogens with zero attached hydrogens (tertiary/aromatic N) is 1. The average Bonchev–Trinajstić information content (AvgIpc) is 2.41. The van der Waals surface area contributed by atoms with Gasteiger partial charge in [0.15, 0.2) is 0 Å². The molecule has 1 atom stereocenters. The maximum atomic E-state index is 10.2. The van der Waals surface area contributed by atoms with E-state index in [1.807, 2.05) is 6.07 Å². The topological polar surface area (TPSA) is 23.5 Å². The quantitative estimate of drug-likeness (QED) is 0.672. The third-order valence-corrected chi connectivity index (χ3v) is 7.11. The van der Waals surface area contributed by atoms with Gasteiger partial charge in [0, 0.05) is 11.8 Å². The van der Waals surface area contributed by atoms with Gasteiger partial charge in [-0.15, -0.1) is 0 Å². The van der Waals surface area contributed by atoms with Crippen molar-refractivity contribution in [3.63, 3.8) is 0 Å². The van der Waals surface area contributed by atoms with Gasteiger partial charge in [-0.05, 0) is 31.0 Å². The summed E-state index contributed by atoms with van der Waals surface area (Å²) in [5.74, 6) is 0.417. The SMILES string of the molecule is CN(C)Cc1ccccc1Pc1cc([Si](C)(C)C)ccc1O. The van der Waals surface area contributed by atoms with Crippen LogP contribution >= 0.6 is 8.58 Å². The van der Waals surface area contributed by atoms with Crippen LogP contribution in [-0.2, 0) is 6.54 Å². The van der Waals surface area contributed by atoms with Gasteiger partial charge in [-0.2, -0.15) is 0 Å². The van der Waals surface area contributed by atoms with E-state index in [9.17, 15) is 5.11 Å². The lowest BCUT2D eigenvalue weighted by atomic mass is 10.2. The van der Waals surface area contributed by atoms with Crippen molar-refractivity contribution in [2.75, 3.05) is 14.1 Å². The molecule has 0 aliphatic heterocycles. The second kappa shape index (κ2) is 6.95. The van der Waals surface area contributed by atoms with Crippen LogP contribution in [0.15, 0.2) is 42.5 Å². The average molecular weight is 331 g/mol. The minimum Gasteiger partial charge on any atom is -0.507 e. The molecule has 0 saturated heterocycles. The highest BCUT2D eigenvalue weighted by atomic mass is 31.1. The summed E-state index contributed by atoms with van der Waals surface area (Å²) in [5, 5.41) is 14.0. The summed E-state index contributed by atoms with van der Waals surface area (Å²) in [6, 6.07) is 14.7. The summed E-state index contributed by atoms with van der Waals surface area (Å²) in [5.41, 5.74) is 1.34. The molecule has 0 aliphatic carbocycles. The van der Waals surface area contributed by atoms with Crippen molar-refractivity contribution in [2.24, 2.45) is 0 Å². The molecule has 0 spiro atoms. The van der Waals surface area contributed by atoms with E-state index in [1.54, 1.807) is 0 Å². The largest absolute Gasteiger partial charge is 0.507 e. The second-order valence-corrected chi connectivity index (χ2v) is 13.4. The van der Waals surface area contributed by atoms with Crippen LogP contribution < -0.4 is 15.8 Å². The highest BCUT2D eigenvalue weighted by Gasteiger charge is 2.18. The Bertz CT molecular complexity index is 650. The van der Waals surface area contributed by atoms with Gasteiger partial charge in [-0.3, -0.25) is 0 Å². The van der Waals surface area contributed by atoms with E-state index in [-0.39, 0.29) is 0 Å². The Balaban J connectivity index is 2.35. The van der Waals surface area contributed by atoms with Crippen molar-refractivity contribution >= 4 is 32.5 Å². The van der Waals surface area contributed by atoms with Gasteiger partial charge in [0.05, 0.1) is 8.07 Å². The fraction of sp³-hybridized carbons (Fsp3) is 0.333. The van der Waals surface area contributed by atoms with Gasteiger partial charge >= 0.3 is 0 Å². The molecule has 2 aromatic rings. The van der Waals surface area contributed by atoms with Crippen LogP contribution in [0, 0.1) is 0 Å². The molecule has 0 amide bonds. The fourth-order valence-corrected chi connectivity index (χ4v) is 4.91. The molecule has 0 heterocycles. The summed E-state index contributed by atoms with van der Waals surface area (Å²) in [7, 11) is 3.31. The van der Waals surface area contributed by atoms with Gasteiger partial charge in [0.25, 0.3) is 0 Å². The first-order valence-corrected chi connectivity index (χ1v) is 12.1. The summed E-state index contributed by atoms with van der Waals surface area (Å²) in [6.07, 6.45) is 0. The molecule has 2 nitrogen and oxygen atoms in total. The normalized spacial score (nSPS) is 12.5. The van der Waals surface area contributed by atoms with Gasteiger partial charge in [0.1, 0.15) is 5.75 Å². The van der Waals surface area contributed by atoms with E-state index in [2.05, 4.69) is 75.0 Å². The zero-order chi connectivity index (χ0) is 16.3. The molecule has 0 aliphatic rings. The van der Waals surface area contributed by atoms with Crippen LogP contribution in [0.1, 0.15) is 5.56 Å². The number of hydrogen-bond acceptors (Lipinski definition) is 2. The van der Waals surface area contributed by atoms with Crippen molar-refractivity contribution in [3.05, 3.63) is 48.0 Å². The molecule has 2 aromatic carbocycles. The van der Waals surface area contributed by atoms with Crippen LogP contribution in [0.3, 0.4) is 0 Å². The molecule has 0 aromatic heterocycles. The van der Waals surface area contributed by atoms with E-state index < -0.39 is 8.07 Å². The molecule has 0 fully saturated rings. The number of phenols is 1. The molecule has 0 radical (unpaired) electrons. The second-order valence-electron chi connectivity index (χ2n) is 7.00. The molecular weight excluding hydrogens is 305 g/mol. The van der Waals surface area contributed by atoms with Gasteiger partial charge < -0.3 is 10.0 Å². The van der Waals surface area contributed by atoms with Crippen LogP contribution in [0.5, 0.6) is 5.75 Å². The van der Waals surface area contributed by atoms with E-state index >= 15 is 0 Å². The monoisotopic (exact) mass is 331 g/mol. The molecule has 118 valence electrons. The highest BCUT2D eigenvalue weighted by Crippen LogP contribution is 2.20. The molecule has 0 bridgehead atoms. The Hall–Kier alpha value is -1.15. The third kappa shape index (κ3) is 4.42. The highest BCUT2D eigenvalue weighted by molar-refractivity contribution is 7.56. The van der Waals surface area contributed by atoms with Gasteiger partial charge in [-0.1, -0.05) is 69.8 Å². The summed E-state index contributed by atoms with van der Waals surface area (Å²) >= 11 is 0. The first-order valence-electron chi connectivity index (χ1n) is 7.60. The molecule has 2 rings (SSSR count). The Morgan fingerprint density at radius 2 is 1.68 bits per heavy atom. The first kappa shape index (κ1) is 17.2. The Morgan fingerprint density at radius 1 is 1.00 bits per heavy atom. The number of benzene rings is 2. The number of aromatic hydroxyl groups is 1. The van der Waals surface area contributed by atoms with E-state index in [0.717, 1.165) is 11.8 Å². The van der Waals surface area contributed by atoms with Crippen LogP contribution in [0.2, 0.25) is 19.6 Å². The molecule has 1 N–H and O–H groups in total. The van der Waals surface area contributed by atoms with Crippen molar-refractivity contribution in [1.29, 1.82) is 0 Å². The van der Waals surface area contributed by atoms with Crippen LogP contribution in [0.25, 0.3) is 0 Å². The molecule has 4 heteroatoms. The van der Waals surface area contributed by atoms with Crippen molar-refractivity contribution < 1.29 is 5.11 Å². The Labute approximate surface area is 137 Å². The lowest BCUT2D eigenvalue weighted by Crippen LogP contribution is -2.38. The molecule has 0 saturated carbocycles. The van der Waals surface area contributed by atoms with E-state index in [1.165, 1.54) is 16.1 Å². The Morgan fingerprint density at radius 3 is 2.32 bits per heavy atom. The zero-order valence-electron chi connectivity index (χ0n) is 14.1. The molecule has 22 heavy (non-hydrogen) atoms. The van der Waals surface area contributed by atoms with Crippen LogP contribution in [-0.4, -0.2) is 32.2 Å².